The average Bonchev–Trinajstić information content (AvgIpc) is 3.21. The molecule has 2 aliphatic rings. The molecular weight excluding hydrogens is 328 g/mol. The second-order valence-corrected chi connectivity index (χ2v) is 6.80. The van der Waals surface area contributed by atoms with Gasteiger partial charge in [0.1, 0.15) is 5.37 Å². The molecule has 24 heavy (non-hydrogen) atoms. The van der Waals surface area contributed by atoms with Gasteiger partial charge in [-0.3, -0.25) is 4.79 Å². The second kappa shape index (κ2) is 7.53. The smallest absolute Gasteiger partial charge is 0.233 e. The molecule has 1 aromatic carbocycles. The van der Waals surface area contributed by atoms with E-state index in [1.165, 1.54) is 0 Å². The van der Waals surface area contributed by atoms with E-state index in [0.29, 0.717) is 23.0 Å². The maximum atomic E-state index is 12.3. The molecule has 1 atom stereocenters. The molecule has 1 fully saturated rings. The highest BCUT2D eigenvalue weighted by Gasteiger charge is 2.34. The molecular formula is C17H24N2O4S. The van der Waals surface area contributed by atoms with Crippen molar-refractivity contribution in [1.82, 2.24) is 9.80 Å². The maximum absolute atomic E-state index is 12.3. The highest BCUT2D eigenvalue weighted by Crippen LogP contribution is 2.47. The standard InChI is InChI=1S/C17H24N2O4S/c1-4-18(5-2)6-7-19-15(20)10-24-17(19)12-8-13(21-3)16-14(9-12)22-11-23-16/h8-9,17H,4-7,10-11H2,1-3H3. The molecule has 1 unspecified atom stereocenters. The molecule has 1 aromatic rings. The van der Waals surface area contributed by atoms with Gasteiger partial charge in [-0.05, 0) is 30.8 Å². The fourth-order valence-electron chi connectivity index (χ4n) is 3.05. The van der Waals surface area contributed by atoms with Crippen LogP contribution in [0, 0.1) is 0 Å². The molecule has 3 rings (SSSR count). The molecule has 0 spiro atoms. The van der Waals surface area contributed by atoms with Gasteiger partial charge in [0.25, 0.3) is 0 Å². The largest absolute Gasteiger partial charge is 0.493 e. The predicted molar refractivity (Wildman–Crippen MR) is 93.8 cm³/mol. The zero-order chi connectivity index (χ0) is 17.1. The van der Waals surface area contributed by atoms with Gasteiger partial charge < -0.3 is 24.0 Å². The van der Waals surface area contributed by atoms with Crippen molar-refractivity contribution in [3.63, 3.8) is 0 Å². The van der Waals surface area contributed by atoms with E-state index in [1.54, 1.807) is 18.9 Å². The average molecular weight is 352 g/mol. The fourth-order valence-corrected chi connectivity index (χ4v) is 4.25. The van der Waals surface area contributed by atoms with Crippen molar-refractivity contribution in [1.29, 1.82) is 0 Å². The van der Waals surface area contributed by atoms with Crippen molar-refractivity contribution in [2.75, 3.05) is 45.8 Å². The summed E-state index contributed by atoms with van der Waals surface area (Å²) in [5, 5.41) is -0.00328. The minimum Gasteiger partial charge on any atom is -0.493 e. The van der Waals surface area contributed by atoms with Crippen LogP contribution in [0.25, 0.3) is 0 Å². The Labute approximate surface area is 147 Å². The molecule has 6 nitrogen and oxygen atoms in total. The molecule has 7 heteroatoms. The van der Waals surface area contributed by atoms with Crippen molar-refractivity contribution in [2.24, 2.45) is 0 Å². The van der Waals surface area contributed by atoms with Gasteiger partial charge in [-0.15, -0.1) is 11.8 Å². The molecule has 0 aliphatic carbocycles. The van der Waals surface area contributed by atoms with Gasteiger partial charge in [0, 0.05) is 13.1 Å². The van der Waals surface area contributed by atoms with E-state index in [-0.39, 0.29) is 18.1 Å². The summed E-state index contributed by atoms with van der Waals surface area (Å²) in [5.74, 6) is 2.69. The Balaban J connectivity index is 1.81. The number of benzene rings is 1. The molecule has 0 bridgehead atoms. The summed E-state index contributed by atoms with van der Waals surface area (Å²) in [7, 11) is 1.62. The van der Waals surface area contributed by atoms with E-state index in [2.05, 4.69) is 18.7 Å². The van der Waals surface area contributed by atoms with Crippen LogP contribution in [0.1, 0.15) is 24.8 Å². The Morgan fingerprint density at radius 2 is 2.12 bits per heavy atom. The van der Waals surface area contributed by atoms with E-state index >= 15 is 0 Å². The number of methoxy groups -OCH3 is 1. The summed E-state index contributed by atoms with van der Waals surface area (Å²) in [4.78, 5) is 16.6. The van der Waals surface area contributed by atoms with E-state index in [9.17, 15) is 4.79 Å². The lowest BCUT2D eigenvalue weighted by atomic mass is 10.1. The minimum atomic E-state index is -0.00328. The lowest BCUT2D eigenvalue weighted by molar-refractivity contribution is -0.128. The first-order valence-corrected chi connectivity index (χ1v) is 9.33. The van der Waals surface area contributed by atoms with Crippen LogP contribution in [0.4, 0.5) is 0 Å². The molecule has 0 N–H and O–H groups in total. The number of fused-ring (bicyclic) bond motifs is 1. The minimum absolute atomic E-state index is 0.00328. The van der Waals surface area contributed by atoms with Gasteiger partial charge in [-0.25, -0.2) is 0 Å². The summed E-state index contributed by atoms with van der Waals surface area (Å²) in [6, 6.07) is 3.92. The first-order chi connectivity index (χ1) is 11.7. The fraction of sp³-hybridized carbons (Fsp3) is 0.588. The number of carbonyl (C=O) groups is 1. The number of rotatable bonds is 7. The van der Waals surface area contributed by atoms with Crippen LogP contribution in [0.3, 0.4) is 0 Å². The molecule has 132 valence electrons. The summed E-state index contributed by atoms with van der Waals surface area (Å²) >= 11 is 1.65. The number of nitrogens with zero attached hydrogens (tertiary/aromatic N) is 2. The van der Waals surface area contributed by atoms with E-state index in [4.69, 9.17) is 14.2 Å². The predicted octanol–water partition coefficient (Wildman–Crippen LogP) is 2.34. The monoisotopic (exact) mass is 352 g/mol. The van der Waals surface area contributed by atoms with Gasteiger partial charge >= 0.3 is 0 Å². The summed E-state index contributed by atoms with van der Waals surface area (Å²) in [6.45, 7) is 8.10. The number of ether oxygens (including phenoxy) is 3. The van der Waals surface area contributed by atoms with Gasteiger partial charge in [0.2, 0.25) is 18.4 Å². The van der Waals surface area contributed by atoms with Crippen molar-refractivity contribution in [3.05, 3.63) is 17.7 Å². The molecule has 0 saturated carbocycles. The topological polar surface area (TPSA) is 51.2 Å². The summed E-state index contributed by atoms with van der Waals surface area (Å²) in [6.07, 6.45) is 0. The zero-order valence-electron chi connectivity index (χ0n) is 14.4. The number of hydrogen-bond donors (Lipinski definition) is 0. The van der Waals surface area contributed by atoms with E-state index in [1.807, 2.05) is 17.0 Å². The first-order valence-electron chi connectivity index (χ1n) is 8.28. The Bertz CT molecular complexity index is 606. The van der Waals surface area contributed by atoms with Crippen LogP contribution in [-0.4, -0.2) is 61.5 Å². The highest BCUT2D eigenvalue weighted by atomic mass is 32.2. The number of thioether (sulfide) groups is 1. The zero-order valence-corrected chi connectivity index (χ0v) is 15.2. The van der Waals surface area contributed by atoms with Crippen LogP contribution in [0.2, 0.25) is 0 Å². The third-order valence-electron chi connectivity index (χ3n) is 4.49. The number of amides is 1. The third-order valence-corrected chi connectivity index (χ3v) is 5.74. The second-order valence-electron chi connectivity index (χ2n) is 5.73. The van der Waals surface area contributed by atoms with Crippen LogP contribution in [-0.2, 0) is 4.79 Å². The van der Waals surface area contributed by atoms with Gasteiger partial charge in [0.15, 0.2) is 11.5 Å². The molecule has 2 aliphatic heterocycles. The lowest BCUT2D eigenvalue weighted by Crippen LogP contribution is -2.37. The van der Waals surface area contributed by atoms with Gasteiger partial charge in [0.05, 0.1) is 12.9 Å². The number of likely N-dealkylation sites (N-methyl/N-ethyl adjacent to an activating group) is 1. The van der Waals surface area contributed by atoms with Crippen LogP contribution < -0.4 is 14.2 Å². The van der Waals surface area contributed by atoms with E-state index < -0.39 is 0 Å². The number of carbonyl (C=O) groups excluding carboxylic acids is 1. The van der Waals surface area contributed by atoms with Crippen LogP contribution in [0.15, 0.2) is 12.1 Å². The van der Waals surface area contributed by atoms with Crippen molar-refractivity contribution in [3.8, 4) is 17.2 Å². The lowest BCUT2D eigenvalue weighted by Gasteiger charge is -2.27. The third kappa shape index (κ3) is 3.28. The summed E-state index contributed by atoms with van der Waals surface area (Å²) in [5.41, 5.74) is 1.02. The Kier molecular flexibility index (Phi) is 5.40. The van der Waals surface area contributed by atoms with E-state index in [0.717, 1.165) is 31.7 Å². The molecule has 0 radical (unpaired) electrons. The van der Waals surface area contributed by atoms with Crippen molar-refractivity contribution in [2.45, 2.75) is 19.2 Å². The molecule has 0 aromatic heterocycles. The highest BCUT2D eigenvalue weighted by molar-refractivity contribution is 8.00. The van der Waals surface area contributed by atoms with Crippen LogP contribution >= 0.6 is 11.8 Å². The molecule has 1 amide bonds. The quantitative estimate of drug-likeness (QED) is 0.751. The Morgan fingerprint density at radius 1 is 1.33 bits per heavy atom. The van der Waals surface area contributed by atoms with Crippen molar-refractivity contribution >= 4 is 17.7 Å². The van der Waals surface area contributed by atoms with Gasteiger partial charge in [-0.1, -0.05) is 13.8 Å². The number of hydrogen-bond acceptors (Lipinski definition) is 6. The van der Waals surface area contributed by atoms with Crippen molar-refractivity contribution < 1.29 is 19.0 Å². The summed E-state index contributed by atoms with van der Waals surface area (Å²) < 4.78 is 16.4. The molecule has 2 heterocycles. The SMILES string of the molecule is CCN(CC)CCN1C(=O)CSC1c1cc(OC)c2c(c1)OCO2. The Hall–Kier alpha value is -1.60. The normalized spacial score (nSPS) is 19.4. The van der Waals surface area contributed by atoms with Crippen LogP contribution in [0.5, 0.6) is 17.2 Å². The first kappa shape index (κ1) is 17.2. The van der Waals surface area contributed by atoms with Gasteiger partial charge in [-0.2, -0.15) is 0 Å². The Morgan fingerprint density at radius 3 is 2.83 bits per heavy atom. The maximum Gasteiger partial charge on any atom is 0.233 e. The molecule has 1 saturated heterocycles.